The molecule has 4 heteroatoms. The summed E-state index contributed by atoms with van der Waals surface area (Å²) in [6, 6.07) is 5.15. The highest BCUT2D eigenvalue weighted by Gasteiger charge is 2.11. The Kier molecular flexibility index (Phi) is 10.7. The Morgan fingerprint density at radius 3 is 2.21 bits per heavy atom. The van der Waals surface area contributed by atoms with Crippen molar-refractivity contribution in [2.45, 2.75) is 65.2 Å². The predicted molar refractivity (Wildman–Crippen MR) is 97.1 cm³/mol. The van der Waals surface area contributed by atoms with E-state index in [9.17, 15) is 4.79 Å². The van der Waals surface area contributed by atoms with Gasteiger partial charge in [-0.2, -0.15) is 0 Å². The van der Waals surface area contributed by atoms with Crippen LogP contribution in [0.3, 0.4) is 0 Å². The summed E-state index contributed by atoms with van der Waals surface area (Å²) >= 11 is 0. The van der Waals surface area contributed by atoms with Gasteiger partial charge in [0.25, 0.3) is 0 Å². The van der Waals surface area contributed by atoms with Crippen LogP contribution in [0, 0.1) is 0 Å². The molecule has 0 amide bonds. The summed E-state index contributed by atoms with van der Waals surface area (Å²) in [6.45, 7) is 5.06. The SMILES string of the molecule is CCCCCCCCCCOc1ccc(C(=O)OCC)cc1OC. The second-order valence-electron chi connectivity index (χ2n) is 5.91. The van der Waals surface area contributed by atoms with E-state index in [1.54, 1.807) is 32.2 Å². The Morgan fingerprint density at radius 1 is 0.917 bits per heavy atom. The number of esters is 1. The standard InChI is InChI=1S/C20H32O4/c1-4-6-7-8-9-10-11-12-15-24-18-14-13-17(16-19(18)22-3)20(21)23-5-2/h13-14,16H,4-12,15H2,1-3H3. The third-order valence-electron chi connectivity index (χ3n) is 3.93. The summed E-state index contributed by atoms with van der Waals surface area (Å²) in [4.78, 5) is 11.7. The Labute approximate surface area is 146 Å². The maximum absolute atomic E-state index is 11.7. The van der Waals surface area contributed by atoms with Crippen LogP contribution < -0.4 is 9.47 Å². The molecule has 136 valence electrons. The second kappa shape index (κ2) is 12.7. The highest BCUT2D eigenvalue weighted by atomic mass is 16.5. The van der Waals surface area contributed by atoms with E-state index >= 15 is 0 Å². The zero-order valence-electron chi connectivity index (χ0n) is 15.4. The van der Waals surface area contributed by atoms with E-state index in [2.05, 4.69) is 6.92 Å². The molecule has 0 spiro atoms. The van der Waals surface area contributed by atoms with Crippen molar-refractivity contribution in [3.05, 3.63) is 23.8 Å². The first kappa shape index (κ1) is 20.3. The molecule has 0 aliphatic rings. The number of rotatable bonds is 13. The fourth-order valence-electron chi connectivity index (χ4n) is 2.55. The Morgan fingerprint density at radius 2 is 1.58 bits per heavy atom. The van der Waals surface area contributed by atoms with Gasteiger partial charge in [-0.1, -0.05) is 51.9 Å². The van der Waals surface area contributed by atoms with E-state index in [4.69, 9.17) is 14.2 Å². The summed E-state index contributed by atoms with van der Waals surface area (Å²) in [5.74, 6) is 0.902. The monoisotopic (exact) mass is 336 g/mol. The molecule has 0 saturated heterocycles. The first-order valence-corrected chi connectivity index (χ1v) is 9.20. The maximum atomic E-state index is 11.7. The van der Waals surface area contributed by atoms with E-state index in [1.165, 1.54) is 44.9 Å². The summed E-state index contributed by atoms with van der Waals surface area (Å²) < 4.78 is 16.1. The molecule has 0 aliphatic carbocycles. The van der Waals surface area contributed by atoms with Crippen LogP contribution in [0.5, 0.6) is 11.5 Å². The van der Waals surface area contributed by atoms with E-state index in [0.717, 1.165) is 6.42 Å². The number of hydrogen-bond donors (Lipinski definition) is 0. The number of carbonyl (C=O) groups excluding carboxylic acids is 1. The molecule has 1 aromatic carbocycles. The lowest BCUT2D eigenvalue weighted by Crippen LogP contribution is -2.06. The van der Waals surface area contributed by atoms with Crippen molar-refractivity contribution in [3.8, 4) is 11.5 Å². The van der Waals surface area contributed by atoms with Gasteiger partial charge >= 0.3 is 5.97 Å². The first-order valence-electron chi connectivity index (χ1n) is 9.20. The number of hydrogen-bond acceptors (Lipinski definition) is 4. The van der Waals surface area contributed by atoms with Crippen molar-refractivity contribution in [1.82, 2.24) is 0 Å². The molecule has 0 atom stereocenters. The summed E-state index contributed by atoms with van der Waals surface area (Å²) in [6.07, 6.45) is 10.2. The Hall–Kier alpha value is -1.71. The minimum Gasteiger partial charge on any atom is -0.493 e. The molecule has 1 rings (SSSR count). The van der Waals surface area contributed by atoms with E-state index in [0.29, 0.717) is 30.3 Å². The van der Waals surface area contributed by atoms with Gasteiger partial charge in [0.2, 0.25) is 0 Å². The lowest BCUT2D eigenvalue weighted by Gasteiger charge is -2.12. The molecule has 0 radical (unpaired) electrons. The highest BCUT2D eigenvalue weighted by molar-refractivity contribution is 5.90. The summed E-state index contributed by atoms with van der Waals surface area (Å²) in [5, 5.41) is 0. The molecule has 1 aromatic rings. The fraction of sp³-hybridized carbons (Fsp3) is 0.650. The average Bonchev–Trinajstić information content (AvgIpc) is 2.60. The average molecular weight is 336 g/mol. The van der Waals surface area contributed by atoms with Gasteiger partial charge in [-0.3, -0.25) is 0 Å². The minimum atomic E-state index is -0.342. The summed E-state index contributed by atoms with van der Waals surface area (Å²) in [7, 11) is 1.58. The zero-order chi connectivity index (χ0) is 17.6. The molecule has 0 fully saturated rings. The normalized spacial score (nSPS) is 10.5. The molecule has 0 N–H and O–H groups in total. The van der Waals surface area contributed by atoms with Crippen molar-refractivity contribution in [3.63, 3.8) is 0 Å². The minimum absolute atomic E-state index is 0.342. The maximum Gasteiger partial charge on any atom is 0.338 e. The molecule has 0 bridgehead atoms. The Balaban J connectivity index is 2.31. The van der Waals surface area contributed by atoms with Crippen molar-refractivity contribution in [2.24, 2.45) is 0 Å². The van der Waals surface area contributed by atoms with Crippen molar-refractivity contribution in [2.75, 3.05) is 20.3 Å². The van der Waals surface area contributed by atoms with Gasteiger partial charge in [0.05, 0.1) is 25.9 Å². The van der Waals surface area contributed by atoms with Gasteiger partial charge in [-0.15, -0.1) is 0 Å². The van der Waals surface area contributed by atoms with Gasteiger partial charge in [0.1, 0.15) is 0 Å². The molecule has 0 heterocycles. The van der Waals surface area contributed by atoms with Gasteiger partial charge in [0.15, 0.2) is 11.5 Å². The van der Waals surface area contributed by atoms with E-state index < -0.39 is 0 Å². The van der Waals surface area contributed by atoms with Crippen LogP contribution in [0.15, 0.2) is 18.2 Å². The number of methoxy groups -OCH3 is 1. The largest absolute Gasteiger partial charge is 0.493 e. The van der Waals surface area contributed by atoms with Crippen molar-refractivity contribution in [1.29, 1.82) is 0 Å². The van der Waals surface area contributed by atoms with Crippen LogP contribution in [0.1, 0.15) is 75.6 Å². The molecule has 0 aliphatic heterocycles. The third-order valence-corrected chi connectivity index (χ3v) is 3.93. The fourth-order valence-corrected chi connectivity index (χ4v) is 2.55. The van der Waals surface area contributed by atoms with Crippen LogP contribution in [0.4, 0.5) is 0 Å². The lowest BCUT2D eigenvalue weighted by molar-refractivity contribution is 0.0526. The summed E-state index contributed by atoms with van der Waals surface area (Å²) in [5.41, 5.74) is 0.480. The quantitative estimate of drug-likeness (QED) is 0.358. The Bertz CT molecular complexity index is 471. The molecule has 4 nitrogen and oxygen atoms in total. The number of benzene rings is 1. The van der Waals surface area contributed by atoms with Crippen LogP contribution in [0.2, 0.25) is 0 Å². The van der Waals surface area contributed by atoms with Crippen LogP contribution in [-0.4, -0.2) is 26.3 Å². The van der Waals surface area contributed by atoms with E-state index in [1.807, 2.05) is 0 Å². The van der Waals surface area contributed by atoms with Gasteiger partial charge < -0.3 is 14.2 Å². The van der Waals surface area contributed by atoms with Crippen LogP contribution >= 0.6 is 0 Å². The molecule has 24 heavy (non-hydrogen) atoms. The number of unbranched alkanes of at least 4 members (excludes halogenated alkanes) is 7. The van der Waals surface area contributed by atoms with Gasteiger partial charge in [-0.05, 0) is 31.5 Å². The van der Waals surface area contributed by atoms with Crippen LogP contribution in [0.25, 0.3) is 0 Å². The van der Waals surface area contributed by atoms with Crippen molar-refractivity contribution >= 4 is 5.97 Å². The number of ether oxygens (including phenoxy) is 3. The highest BCUT2D eigenvalue weighted by Crippen LogP contribution is 2.28. The molecule has 0 saturated carbocycles. The van der Waals surface area contributed by atoms with Crippen LogP contribution in [-0.2, 0) is 4.74 Å². The zero-order valence-corrected chi connectivity index (χ0v) is 15.4. The van der Waals surface area contributed by atoms with Gasteiger partial charge in [0, 0.05) is 0 Å². The molecule has 0 aromatic heterocycles. The molecular weight excluding hydrogens is 304 g/mol. The third kappa shape index (κ3) is 7.71. The lowest BCUT2D eigenvalue weighted by atomic mass is 10.1. The van der Waals surface area contributed by atoms with E-state index in [-0.39, 0.29) is 5.97 Å². The molecular formula is C20H32O4. The smallest absolute Gasteiger partial charge is 0.338 e. The molecule has 0 unspecified atom stereocenters. The first-order chi connectivity index (χ1) is 11.7. The topological polar surface area (TPSA) is 44.8 Å². The number of carbonyl (C=O) groups is 1. The van der Waals surface area contributed by atoms with Crippen molar-refractivity contribution < 1.29 is 19.0 Å². The predicted octanol–water partition coefficient (Wildman–Crippen LogP) is 5.39. The van der Waals surface area contributed by atoms with Gasteiger partial charge in [-0.25, -0.2) is 4.79 Å². The second-order valence-corrected chi connectivity index (χ2v) is 5.91.